The normalized spacial score (nSPS) is 17.3. The molecule has 0 bridgehead atoms. The molecule has 1 saturated heterocycles. The molecule has 1 fully saturated rings. The fourth-order valence-electron chi connectivity index (χ4n) is 2.47. The van der Waals surface area contributed by atoms with Crippen LogP contribution in [0.2, 0.25) is 0 Å². The number of hydrogen-bond acceptors (Lipinski definition) is 7. The molecule has 1 rings (SSSR count). The van der Waals surface area contributed by atoms with Crippen molar-refractivity contribution in [2.24, 2.45) is 0 Å². The molecule has 7 nitrogen and oxygen atoms in total. The summed E-state index contributed by atoms with van der Waals surface area (Å²) in [5.41, 5.74) is -0.562. The highest BCUT2D eigenvalue weighted by molar-refractivity contribution is 8.14. The largest absolute Gasteiger partial charge is 0.376 e. The number of carbonyl (C=O) groups excluding carboxylic acids is 4. The van der Waals surface area contributed by atoms with Crippen LogP contribution in [0.3, 0.4) is 0 Å². The van der Waals surface area contributed by atoms with E-state index in [1.807, 2.05) is 27.7 Å². The minimum absolute atomic E-state index is 0.0390. The molecule has 1 unspecified atom stereocenters. The van der Waals surface area contributed by atoms with Crippen molar-refractivity contribution in [1.29, 1.82) is 0 Å². The lowest BCUT2D eigenvalue weighted by Crippen LogP contribution is -2.33. The summed E-state index contributed by atoms with van der Waals surface area (Å²) in [4.78, 5) is 51.0. The van der Waals surface area contributed by atoms with Crippen molar-refractivity contribution in [2.75, 3.05) is 6.61 Å². The zero-order valence-corrected chi connectivity index (χ0v) is 17.1. The first-order chi connectivity index (χ1) is 12.0. The van der Waals surface area contributed by atoms with Crippen molar-refractivity contribution in [3.8, 4) is 0 Å². The predicted octanol–water partition coefficient (Wildman–Crippen LogP) is 3.01. The molecule has 148 valence electrons. The van der Waals surface area contributed by atoms with Gasteiger partial charge in [-0.2, -0.15) is 0 Å². The Balaban J connectivity index is 2.39. The van der Waals surface area contributed by atoms with E-state index in [0.717, 1.165) is 12.8 Å². The zero-order valence-electron chi connectivity index (χ0n) is 16.3. The Bertz CT molecular complexity index is 546. The van der Waals surface area contributed by atoms with Crippen molar-refractivity contribution in [3.63, 3.8) is 0 Å². The molecule has 1 aliphatic heterocycles. The van der Waals surface area contributed by atoms with Crippen LogP contribution in [0.1, 0.15) is 73.1 Å². The Kier molecular flexibility index (Phi) is 8.27. The third kappa shape index (κ3) is 7.45. The van der Waals surface area contributed by atoms with Crippen LogP contribution in [0.15, 0.2) is 0 Å². The molecule has 0 N–H and O–H groups in total. The summed E-state index contributed by atoms with van der Waals surface area (Å²) in [6, 6.07) is 0. The summed E-state index contributed by atoms with van der Waals surface area (Å²) in [5.74, 6) is -1.60. The van der Waals surface area contributed by atoms with E-state index in [2.05, 4.69) is 0 Å². The third-order valence-electron chi connectivity index (χ3n) is 4.39. The van der Waals surface area contributed by atoms with Crippen molar-refractivity contribution < 1.29 is 28.8 Å². The molecule has 2 amide bonds. The Labute approximate surface area is 159 Å². The maximum atomic E-state index is 11.9. The molecule has 0 aromatic rings. The van der Waals surface area contributed by atoms with E-state index in [9.17, 15) is 19.2 Å². The molecule has 0 aromatic heterocycles. The highest BCUT2D eigenvalue weighted by Crippen LogP contribution is 2.33. The van der Waals surface area contributed by atoms with Gasteiger partial charge in [0.05, 0.1) is 12.0 Å². The summed E-state index contributed by atoms with van der Waals surface area (Å²) in [7, 11) is 0. The van der Waals surface area contributed by atoms with Gasteiger partial charge in [0, 0.05) is 31.1 Å². The molecular weight excluding hydrogens is 358 g/mol. The number of thioether (sulfide) groups is 1. The van der Waals surface area contributed by atoms with Gasteiger partial charge in [0.25, 0.3) is 11.8 Å². The molecule has 0 radical (unpaired) electrons. The van der Waals surface area contributed by atoms with Gasteiger partial charge in [-0.15, -0.1) is 5.06 Å². The van der Waals surface area contributed by atoms with E-state index in [1.165, 1.54) is 11.8 Å². The van der Waals surface area contributed by atoms with E-state index in [0.29, 0.717) is 18.1 Å². The van der Waals surface area contributed by atoms with Crippen LogP contribution >= 0.6 is 11.8 Å². The van der Waals surface area contributed by atoms with E-state index in [-0.39, 0.29) is 29.1 Å². The first-order valence-electron chi connectivity index (χ1n) is 8.88. The number of carbonyl (C=O) groups is 4. The van der Waals surface area contributed by atoms with Crippen LogP contribution in [0, 0.1) is 0 Å². The van der Waals surface area contributed by atoms with Gasteiger partial charge >= 0.3 is 5.97 Å². The van der Waals surface area contributed by atoms with Gasteiger partial charge in [-0.25, -0.2) is 4.79 Å². The van der Waals surface area contributed by atoms with Crippen LogP contribution in [0.25, 0.3) is 0 Å². The monoisotopic (exact) mass is 387 g/mol. The third-order valence-corrected chi connectivity index (χ3v) is 5.66. The van der Waals surface area contributed by atoms with Gasteiger partial charge in [0.15, 0.2) is 5.12 Å². The number of nitrogens with zero attached hydrogens (tertiary/aromatic N) is 1. The van der Waals surface area contributed by atoms with Crippen LogP contribution in [-0.2, 0) is 28.8 Å². The molecule has 0 spiro atoms. The quantitative estimate of drug-likeness (QED) is 0.532. The maximum absolute atomic E-state index is 11.9. The molecule has 1 atom stereocenters. The van der Waals surface area contributed by atoms with E-state index < -0.39 is 23.4 Å². The SMILES string of the molecule is CCC(C)(CCOC(C)(C)CCC(=O)ON1C(=O)CCC1=O)SC(C)=O. The highest BCUT2D eigenvalue weighted by Gasteiger charge is 2.33. The fourth-order valence-corrected chi connectivity index (χ4v) is 3.49. The van der Waals surface area contributed by atoms with Gasteiger partial charge in [-0.05, 0) is 40.0 Å². The maximum Gasteiger partial charge on any atom is 0.333 e. The second kappa shape index (κ2) is 9.50. The smallest absolute Gasteiger partial charge is 0.333 e. The number of hydroxylamine groups is 2. The summed E-state index contributed by atoms with van der Waals surface area (Å²) in [5, 5.41) is 0.643. The van der Waals surface area contributed by atoms with Crippen molar-refractivity contribution in [3.05, 3.63) is 0 Å². The number of hydrogen-bond donors (Lipinski definition) is 0. The Morgan fingerprint density at radius 2 is 1.69 bits per heavy atom. The minimum Gasteiger partial charge on any atom is -0.376 e. The summed E-state index contributed by atoms with van der Waals surface area (Å²) in [6.07, 6.45) is 2.16. The first-order valence-corrected chi connectivity index (χ1v) is 9.70. The van der Waals surface area contributed by atoms with Gasteiger partial charge in [0.1, 0.15) is 0 Å². The van der Waals surface area contributed by atoms with Crippen LogP contribution < -0.4 is 0 Å². The molecule has 8 heteroatoms. The van der Waals surface area contributed by atoms with Crippen molar-refractivity contribution >= 4 is 34.7 Å². The number of imide groups is 1. The predicted molar refractivity (Wildman–Crippen MR) is 98.0 cm³/mol. The van der Waals surface area contributed by atoms with Gasteiger partial charge in [0.2, 0.25) is 0 Å². The van der Waals surface area contributed by atoms with Crippen molar-refractivity contribution in [2.45, 2.75) is 83.5 Å². The summed E-state index contributed by atoms with van der Waals surface area (Å²) in [6.45, 7) is 9.84. The van der Waals surface area contributed by atoms with Gasteiger partial charge in [-0.1, -0.05) is 18.7 Å². The van der Waals surface area contributed by atoms with Crippen molar-refractivity contribution in [1.82, 2.24) is 5.06 Å². The number of rotatable bonds is 10. The lowest BCUT2D eigenvalue weighted by Gasteiger charge is -2.30. The first kappa shape index (κ1) is 22.6. The van der Waals surface area contributed by atoms with Gasteiger partial charge in [-0.3, -0.25) is 14.4 Å². The molecule has 0 aromatic carbocycles. The molecular formula is C18H29NO6S. The van der Waals surface area contributed by atoms with Crippen LogP contribution in [0.4, 0.5) is 0 Å². The Morgan fingerprint density at radius 3 is 2.19 bits per heavy atom. The van der Waals surface area contributed by atoms with E-state index >= 15 is 0 Å². The molecule has 0 aliphatic carbocycles. The molecule has 1 heterocycles. The summed E-state index contributed by atoms with van der Waals surface area (Å²) < 4.78 is 5.72. The fraction of sp³-hybridized carbons (Fsp3) is 0.778. The number of amides is 2. The molecule has 1 aliphatic rings. The second-order valence-corrected chi connectivity index (χ2v) is 9.07. The molecule has 0 saturated carbocycles. The van der Waals surface area contributed by atoms with E-state index in [1.54, 1.807) is 6.92 Å². The average molecular weight is 387 g/mol. The summed E-state index contributed by atoms with van der Waals surface area (Å²) >= 11 is 1.33. The topological polar surface area (TPSA) is 90.0 Å². The van der Waals surface area contributed by atoms with Gasteiger partial charge < -0.3 is 9.57 Å². The Hall–Kier alpha value is -1.41. The second-order valence-electron chi connectivity index (χ2n) is 7.30. The molecule has 26 heavy (non-hydrogen) atoms. The van der Waals surface area contributed by atoms with E-state index in [4.69, 9.17) is 9.57 Å². The Morgan fingerprint density at radius 1 is 1.12 bits per heavy atom. The lowest BCUT2D eigenvalue weighted by molar-refractivity contribution is -0.198. The zero-order chi connectivity index (χ0) is 20.0. The van der Waals surface area contributed by atoms with Crippen LogP contribution in [0.5, 0.6) is 0 Å². The lowest BCUT2D eigenvalue weighted by atomic mass is 10.0. The van der Waals surface area contributed by atoms with Crippen LogP contribution in [-0.4, -0.2) is 44.9 Å². The average Bonchev–Trinajstić information content (AvgIpc) is 2.84. The standard InChI is InChI=1S/C18H29NO6S/c1-6-18(5,26-13(2)20)11-12-24-17(3,4)10-9-16(23)25-19-14(21)7-8-15(19)22/h6-12H2,1-5H3. The number of ether oxygens (including phenoxy) is 1. The minimum atomic E-state index is -0.629. The highest BCUT2D eigenvalue weighted by atomic mass is 32.2.